The van der Waals surface area contributed by atoms with E-state index < -0.39 is 11.8 Å². The number of benzene rings is 1. The zero-order valence-electron chi connectivity index (χ0n) is 12.8. The number of hydrogen-bond acceptors (Lipinski definition) is 4. The van der Waals surface area contributed by atoms with Gasteiger partial charge in [-0.2, -0.15) is 0 Å². The molecule has 0 bridgehead atoms. The van der Waals surface area contributed by atoms with Gasteiger partial charge in [-0.25, -0.2) is 0 Å². The molecule has 1 N–H and O–H groups in total. The first-order valence-corrected chi connectivity index (χ1v) is 7.08. The molecule has 1 heterocycles. The molecule has 1 aliphatic heterocycles. The molecule has 7 heteroatoms. The second-order valence-corrected chi connectivity index (χ2v) is 5.33. The molecule has 0 aliphatic carbocycles. The minimum Gasteiger partial charge on any atom is -0.378 e. The Balaban J connectivity index is 1.96. The molecule has 0 unspecified atom stereocenters. The van der Waals surface area contributed by atoms with Gasteiger partial charge in [-0.3, -0.25) is 14.4 Å². The van der Waals surface area contributed by atoms with E-state index in [0.29, 0.717) is 31.9 Å². The molecule has 1 aromatic carbocycles. The zero-order valence-corrected chi connectivity index (χ0v) is 12.8. The average Bonchev–Trinajstić information content (AvgIpc) is 2.54. The van der Waals surface area contributed by atoms with Gasteiger partial charge < -0.3 is 20.0 Å². The van der Waals surface area contributed by atoms with Crippen LogP contribution in [0.2, 0.25) is 0 Å². The molecule has 7 nitrogen and oxygen atoms in total. The Bertz CT molecular complexity index is 566. The predicted octanol–water partition coefficient (Wildman–Crippen LogP) is -0.00830. The fourth-order valence-electron chi connectivity index (χ4n) is 2.22. The van der Waals surface area contributed by atoms with E-state index in [0.717, 1.165) is 12.1 Å². The highest BCUT2D eigenvalue weighted by Crippen LogP contribution is 2.17. The SMILES string of the molecule is CN(C)c1cccc(NC(=O)C(=O)N2CCN(C=O)CC2)c1. The van der Waals surface area contributed by atoms with Crippen LogP contribution < -0.4 is 10.2 Å². The fraction of sp³-hybridized carbons (Fsp3) is 0.400. The largest absolute Gasteiger partial charge is 0.378 e. The van der Waals surface area contributed by atoms with Gasteiger partial charge in [0.2, 0.25) is 6.41 Å². The number of nitrogens with zero attached hydrogens (tertiary/aromatic N) is 3. The molecule has 1 aromatic rings. The second kappa shape index (κ2) is 6.93. The topological polar surface area (TPSA) is 73.0 Å². The van der Waals surface area contributed by atoms with Crippen molar-refractivity contribution in [3.63, 3.8) is 0 Å². The highest BCUT2D eigenvalue weighted by atomic mass is 16.2. The third kappa shape index (κ3) is 3.75. The Morgan fingerprint density at radius 3 is 2.45 bits per heavy atom. The van der Waals surface area contributed by atoms with E-state index in [-0.39, 0.29) is 0 Å². The molecule has 2 rings (SSSR count). The molecule has 1 saturated heterocycles. The Morgan fingerprint density at radius 2 is 1.86 bits per heavy atom. The van der Waals surface area contributed by atoms with Crippen molar-refractivity contribution in [2.24, 2.45) is 0 Å². The fourth-order valence-corrected chi connectivity index (χ4v) is 2.22. The molecular weight excluding hydrogens is 284 g/mol. The number of carbonyl (C=O) groups excluding carboxylic acids is 3. The van der Waals surface area contributed by atoms with Crippen LogP contribution in [-0.4, -0.2) is 68.3 Å². The van der Waals surface area contributed by atoms with Gasteiger partial charge in [-0.05, 0) is 18.2 Å². The van der Waals surface area contributed by atoms with E-state index in [2.05, 4.69) is 5.32 Å². The molecule has 0 radical (unpaired) electrons. The van der Waals surface area contributed by atoms with Crippen molar-refractivity contribution in [2.75, 3.05) is 50.5 Å². The van der Waals surface area contributed by atoms with E-state index in [1.54, 1.807) is 17.0 Å². The summed E-state index contributed by atoms with van der Waals surface area (Å²) in [6.45, 7) is 1.67. The van der Waals surface area contributed by atoms with Crippen LogP contribution in [0.4, 0.5) is 11.4 Å². The number of piperazine rings is 1. The van der Waals surface area contributed by atoms with Crippen LogP contribution in [0, 0.1) is 0 Å². The lowest BCUT2D eigenvalue weighted by molar-refractivity contribution is -0.144. The number of rotatable bonds is 3. The summed E-state index contributed by atoms with van der Waals surface area (Å²) in [5, 5.41) is 2.62. The minimum atomic E-state index is -0.657. The van der Waals surface area contributed by atoms with E-state index in [4.69, 9.17) is 0 Å². The monoisotopic (exact) mass is 304 g/mol. The van der Waals surface area contributed by atoms with Crippen LogP contribution in [0.25, 0.3) is 0 Å². The van der Waals surface area contributed by atoms with Crippen LogP contribution in [0.3, 0.4) is 0 Å². The van der Waals surface area contributed by atoms with Gasteiger partial charge in [-0.1, -0.05) is 6.07 Å². The lowest BCUT2D eigenvalue weighted by Gasteiger charge is -2.32. The minimum absolute atomic E-state index is 0.378. The molecule has 22 heavy (non-hydrogen) atoms. The van der Waals surface area contributed by atoms with Crippen molar-refractivity contribution >= 4 is 29.6 Å². The first-order valence-electron chi connectivity index (χ1n) is 7.08. The van der Waals surface area contributed by atoms with Gasteiger partial charge in [0.1, 0.15) is 0 Å². The quantitative estimate of drug-likeness (QED) is 0.630. The van der Waals surface area contributed by atoms with Gasteiger partial charge >= 0.3 is 11.8 Å². The summed E-state index contributed by atoms with van der Waals surface area (Å²) < 4.78 is 0. The Morgan fingerprint density at radius 1 is 1.18 bits per heavy atom. The number of amides is 3. The Labute approximate surface area is 129 Å². The van der Waals surface area contributed by atoms with Gasteiger partial charge in [0.15, 0.2) is 0 Å². The molecule has 118 valence electrons. The van der Waals surface area contributed by atoms with Crippen LogP contribution in [0.1, 0.15) is 0 Å². The van der Waals surface area contributed by atoms with Crippen LogP contribution >= 0.6 is 0 Å². The van der Waals surface area contributed by atoms with Crippen molar-refractivity contribution in [2.45, 2.75) is 0 Å². The smallest absolute Gasteiger partial charge is 0.313 e. The summed E-state index contributed by atoms with van der Waals surface area (Å²) in [4.78, 5) is 39.8. The highest BCUT2D eigenvalue weighted by Gasteiger charge is 2.25. The summed E-state index contributed by atoms with van der Waals surface area (Å²) >= 11 is 0. The molecule has 1 fully saturated rings. The number of anilines is 2. The van der Waals surface area contributed by atoms with Crippen molar-refractivity contribution in [1.82, 2.24) is 9.80 Å². The molecule has 0 spiro atoms. The second-order valence-electron chi connectivity index (χ2n) is 5.33. The number of nitrogens with one attached hydrogen (secondary N) is 1. The van der Waals surface area contributed by atoms with Gasteiger partial charge in [0, 0.05) is 51.6 Å². The standard InChI is InChI=1S/C15H20N4O3/c1-17(2)13-5-3-4-12(10-13)16-14(21)15(22)19-8-6-18(11-20)7-9-19/h3-5,10-11H,6-9H2,1-2H3,(H,16,21). The lowest BCUT2D eigenvalue weighted by atomic mass is 10.2. The summed E-state index contributed by atoms with van der Waals surface area (Å²) in [5.41, 5.74) is 1.51. The van der Waals surface area contributed by atoms with Gasteiger partial charge in [-0.15, -0.1) is 0 Å². The van der Waals surface area contributed by atoms with Crippen molar-refractivity contribution in [1.29, 1.82) is 0 Å². The molecule has 3 amide bonds. The maximum Gasteiger partial charge on any atom is 0.313 e. The maximum atomic E-state index is 12.1. The van der Waals surface area contributed by atoms with Crippen molar-refractivity contribution in [3.05, 3.63) is 24.3 Å². The van der Waals surface area contributed by atoms with E-state index in [1.807, 2.05) is 31.1 Å². The predicted molar refractivity (Wildman–Crippen MR) is 83.6 cm³/mol. The highest BCUT2D eigenvalue weighted by molar-refractivity contribution is 6.39. The lowest BCUT2D eigenvalue weighted by Crippen LogP contribution is -2.51. The number of carbonyl (C=O) groups is 3. The Hall–Kier alpha value is -2.57. The summed E-state index contributed by atoms with van der Waals surface area (Å²) in [6, 6.07) is 7.27. The summed E-state index contributed by atoms with van der Waals surface area (Å²) in [7, 11) is 3.80. The summed E-state index contributed by atoms with van der Waals surface area (Å²) in [5.74, 6) is -1.23. The van der Waals surface area contributed by atoms with E-state index >= 15 is 0 Å². The van der Waals surface area contributed by atoms with Crippen LogP contribution in [0.5, 0.6) is 0 Å². The van der Waals surface area contributed by atoms with Crippen LogP contribution in [-0.2, 0) is 14.4 Å². The molecular formula is C15H20N4O3. The van der Waals surface area contributed by atoms with Gasteiger partial charge in [0.05, 0.1) is 0 Å². The third-order valence-electron chi connectivity index (χ3n) is 3.57. The zero-order chi connectivity index (χ0) is 16.1. The molecule has 0 saturated carbocycles. The van der Waals surface area contributed by atoms with E-state index in [9.17, 15) is 14.4 Å². The van der Waals surface area contributed by atoms with Gasteiger partial charge in [0.25, 0.3) is 0 Å². The first-order chi connectivity index (χ1) is 10.5. The number of hydrogen-bond donors (Lipinski definition) is 1. The summed E-state index contributed by atoms with van der Waals surface area (Å²) in [6.07, 6.45) is 0.759. The first kappa shape index (κ1) is 15.8. The van der Waals surface area contributed by atoms with Crippen LogP contribution in [0.15, 0.2) is 24.3 Å². The van der Waals surface area contributed by atoms with E-state index in [1.165, 1.54) is 4.90 Å². The van der Waals surface area contributed by atoms with Crippen molar-refractivity contribution < 1.29 is 14.4 Å². The molecule has 1 aliphatic rings. The molecule has 0 aromatic heterocycles. The third-order valence-corrected chi connectivity index (χ3v) is 3.57. The normalized spacial score (nSPS) is 14.5. The van der Waals surface area contributed by atoms with Crippen molar-refractivity contribution in [3.8, 4) is 0 Å². The Kier molecular flexibility index (Phi) is 4.98. The maximum absolute atomic E-state index is 12.1. The average molecular weight is 304 g/mol. The molecule has 0 atom stereocenters.